The molecule has 0 radical (unpaired) electrons. The van der Waals surface area contributed by atoms with E-state index in [2.05, 4.69) is 67.9 Å². The molecule has 19 heavy (non-hydrogen) atoms. The fraction of sp³-hybridized carbons (Fsp3) is 0.235. The molecule has 3 rings (SSSR count). The van der Waals surface area contributed by atoms with Crippen LogP contribution in [0.5, 0.6) is 0 Å². The minimum absolute atomic E-state index is 1.10. The van der Waals surface area contributed by atoms with E-state index in [-0.39, 0.29) is 0 Å². The lowest BCUT2D eigenvalue weighted by Crippen LogP contribution is -2.28. The molecule has 1 aromatic heterocycles. The van der Waals surface area contributed by atoms with Crippen molar-refractivity contribution in [3.8, 4) is 10.6 Å². The van der Waals surface area contributed by atoms with Crippen molar-refractivity contribution in [3.05, 3.63) is 53.6 Å². The lowest BCUT2D eigenvalue weighted by Gasteiger charge is -1.97. The van der Waals surface area contributed by atoms with E-state index >= 15 is 0 Å². The number of hydrogen-bond acceptors (Lipinski definition) is 1. The summed E-state index contributed by atoms with van der Waals surface area (Å²) < 4.78 is 3.65. The van der Waals surface area contributed by atoms with Crippen LogP contribution in [-0.4, -0.2) is 0 Å². The van der Waals surface area contributed by atoms with Gasteiger partial charge in [-0.2, -0.15) is 4.57 Å². The van der Waals surface area contributed by atoms with Gasteiger partial charge in [-0.05, 0) is 42.7 Å². The van der Waals surface area contributed by atoms with Crippen LogP contribution >= 0.6 is 11.3 Å². The Balaban J connectivity index is 2.15. The molecule has 96 valence electrons. The van der Waals surface area contributed by atoms with E-state index in [9.17, 15) is 0 Å². The SMILES string of the molecule is CCc1ccc(-c2sc3cc(C)ccc3[n+]2C)cc1. The quantitative estimate of drug-likeness (QED) is 0.611. The topological polar surface area (TPSA) is 3.88 Å². The van der Waals surface area contributed by atoms with Crippen molar-refractivity contribution < 1.29 is 4.57 Å². The van der Waals surface area contributed by atoms with Crippen LogP contribution in [-0.2, 0) is 13.5 Å². The van der Waals surface area contributed by atoms with Crippen molar-refractivity contribution in [2.45, 2.75) is 20.3 Å². The summed E-state index contributed by atoms with van der Waals surface area (Å²) in [5.74, 6) is 0. The van der Waals surface area contributed by atoms with Crippen molar-refractivity contribution in [1.82, 2.24) is 0 Å². The van der Waals surface area contributed by atoms with Crippen molar-refractivity contribution in [1.29, 1.82) is 0 Å². The molecule has 2 aromatic carbocycles. The molecule has 1 heterocycles. The van der Waals surface area contributed by atoms with Crippen LogP contribution in [0, 0.1) is 6.92 Å². The Morgan fingerprint density at radius 2 is 1.79 bits per heavy atom. The van der Waals surface area contributed by atoms with Gasteiger partial charge in [-0.25, -0.2) is 0 Å². The molecule has 0 unspecified atom stereocenters. The van der Waals surface area contributed by atoms with Crippen molar-refractivity contribution in [2.24, 2.45) is 7.05 Å². The third-order valence-electron chi connectivity index (χ3n) is 3.60. The number of fused-ring (bicyclic) bond motifs is 1. The van der Waals surface area contributed by atoms with Gasteiger partial charge in [-0.3, -0.25) is 0 Å². The number of nitrogens with zero attached hydrogens (tertiary/aromatic N) is 1. The van der Waals surface area contributed by atoms with Gasteiger partial charge in [0, 0.05) is 6.07 Å². The van der Waals surface area contributed by atoms with Crippen molar-refractivity contribution in [3.63, 3.8) is 0 Å². The predicted molar refractivity (Wildman–Crippen MR) is 82.6 cm³/mol. The molecule has 0 atom stereocenters. The number of benzene rings is 2. The lowest BCUT2D eigenvalue weighted by molar-refractivity contribution is -0.629. The third kappa shape index (κ3) is 2.17. The third-order valence-corrected chi connectivity index (χ3v) is 4.85. The maximum absolute atomic E-state index is 2.29. The highest BCUT2D eigenvalue weighted by Crippen LogP contribution is 2.28. The Bertz CT molecular complexity index is 723. The van der Waals surface area contributed by atoms with E-state index in [1.807, 2.05) is 11.3 Å². The summed E-state index contributed by atoms with van der Waals surface area (Å²) in [4.78, 5) is 0. The van der Waals surface area contributed by atoms with Crippen LogP contribution in [0.15, 0.2) is 42.5 Å². The standard InChI is InChI=1S/C17H18NS/c1-4-13-6-8-14(9-7-13)17-18(3)15-10-5-12(2)11-16(15)19-17/h5-11H,4H2,1-3H3/q+1. The van der Waals surface area contributed by atoms with Gasteiger partial charge < -0.3 is 0 Å². The van der Waals surface area contributed by atoms with Gasteiger partial charge in [0.15, 0.2) is 0 Å². The van der Waals surface area contributed by atoms with Crippen LogP contribution in [0.1, 0.15) is 18.1 Å². The Morgan fingerprint density at radius 1 is 1.05 bits per heavy atom. The molecule has 0 bridgehead atoms. The zero-order valence-electron chi connectivity index (χ0n) is 11.6. The van der Waals surface area contributed by atoms with Gasteiger partial charge in [0.25, 0.3) is 5.01 Å². The highest BCUT2D eigenvalue weighted by Gasteiger charge is 2.18. The van der Waals surface area contributed by atoms with Gasteiger partial charge in [0.05, 0.1) is 5.56 Å². The number of hydrogen-bond donors (Lipinski definition) is 0. The van der Waals surface area contributed by atoms with Crippen LogP contribution in [0.3, 0.4) is 0 Å². The van der Waals surface area contributed by atoms with Gasteiger partial charge in [0.2, 0.25) is 5.52 Å². The van der Waals surface area contributed by atoms with Crippen LogP contribution in [0.25, 0.3) is 20.8 Å². The van der Waals surface area contributed by atoms with E-state index < -0.39 is 0 Å². The number of aromatic nitrogens is 1. The second-order valence-electron chi connectivity index (χ2n) is 4.99. The summed E-state index contributed by atoms with van der Waals surface area (Å²) in [6.07, 6.45) is 1.10. The van der Waals surface area contributed by atoms with E-state index in [1.54, 1.807) is 0 Å². The van der Waals surface area contributed by atoms with Gasteiger partial charge in [-0.15, -0.1) is 0 Å². The lowest BCUT2D eigenvalue weighted by atomic mass is 10.1. The predicted octanol–water partition coefficient (Wildman–Crippen LogP) is 4.26. The minimum Gasteiger partial charge on any atom is -0.184 e. The van der Waals surface area contributed by atoms with E-state index in [0.29, 0.717) is 0 Å². The summed E-state index contributed by atoms with van der Waals surface area (Å²) in [6, 6.07) is 15.6. The molecule has 2 heteroatoms. The Kier molecular flexibility index (Phi) is 3.11. The Hall–Kier alpha value is -1.67. The summed E-state index contributed by atoms with van der Waals surface area (Å²) >= 11 is 1.87. The van der Waals surface area contributed by atoms with Crippen LogP contribution in [0.4, 0.5) is 0 Å². The first-order chi connectivity index (χ1) is 9.19. The molecule has 1 nitrogen and oxygen atoms in total. The van der Waals surface area contributed by atoms with E-state index in [0.717, 1.165) is 6.42 Å². The second kappa shape index (κ2) is 4.78. The molecule has 0 fully saturated rings. The molecule has 0 saturated heterocycles. The summed E-state index contributed by atoms with van der Waals surface area (Å²) in [7, 11) is 2.15. The Morgan fingerprint density at radius 3 is 2.47 bits per heavy atom. The normalized spacial score (nSPS) is 11.1. The maximum atomic E-state index is 2.29. The molecular formula is C17H18NS+. The van der Waals surface area contributed by atoms with Crippen molar-refractivity contribution >= 4 is 21.6 Å². The maximum Gasteiger partial charge on any atom is 0.269 e. The second-order valence-corrected chi connectivity index (χ2v) is 6.02. The van der Waals surface area contributed by atoms with E-state index in [1.165, 1.54) is 31.9 Å². The first-order valence-electron chi connectivity index (χ1n) is 6.67. The molecule has 0 aliphatic carbocycles. The molecule has 0 aliphatic rings. The summed E-state index contributed by atoms with van der Waals surface area (Å²) in [5, 5.41) is 1.32. The highest BCUT2D eigenvalue weighted by atomic mass is 32.1. The molecule has 0 N–H and O–H groups in total. The fourth-order valence-corrected chi connectivity index (χ4v) is 3.65. The number of thiazole rings is 1. The van der Waals surface area contributed by atoms with Crippen molar-refractivity contribution in [2.75, 3.05) is 0 Å². The molecule has 0 saturated carbocycles. The van der Waals surface area contributed by atoms with Gasteiger partial charge in [-0.1, -0.05) is 36.5 Å². The van der Waals surface area contributed by atoms with Crippen LogP contribution in [0.2, 0.25) is 0 Å². The minimum atomic E-state index is 1.10. The molecule has 0 aliphatic heterocycles. The summed E-state index contributed by atoms with van der Waals surface area (Å²) in [5.41, 5.74) is 5.33. The monoisotopic (exact) mass is 268 g/mol. The average Bonchev–Trinajstić information content (AvgIpc) is 2.75. The average molecular weight is 268 g/mol. The highest BCUT2D eigenvalue weighted by molar-refractivity contribution is 7.21. The van der Waals surface area contributed by atoms with Gasteiger partial charge in [0.1, 0.15) is 11.7 Å². The number of aryl methyl sites for hydroxylation is 3. The smallest absolute Gasteiger partial charge is 0.184 e. The molecule has 3 aromatic rings. The van der Waals surface area contributed by atoms with Crippen LogP contribution < -0.4 is 4.57 Å². The van der Waals surface area contributed by atoms with E-state index in [4.69, 9.17) is 0 Å². The Labute approximate surface area is 118 Å². The zero-order chi connectivity index (χ0) is 13.4. The molecule has 0 spiro atoms. The summed E-state index contributed by atoms with van der Waals surface area (Å²) in [6.45, 7) is 4.34. The number of rotatable bonds is 2. The van der Waals surface area contributed by atoms with Gasteiger partial charge >= 0.3 is 0 Å². The molecule has 0 amide bonds. The fourth-order valence-electron chi connectivity index (χ4n) is 2.40. The molecular weight excluding hydrogens is 250 g/mol. The zero-order valence-corrected chi connectivity index (χ0v) is 12.4. The largest absolute Gasteiger partial charge is 0.269 e. The first kappa shape index (κ1) is 12.4. The first-order valence-corrected chi connectivity index (χ1v) is 7.49.